The minimum Gasteiger partial charge on any atom is -0.406 e. The number of likely N-dealkylation sites (tertiary alicyclic amines) is 3. The molecular weight excluding hydrogens is 1260 g/mol. The van der Waals surface area contributed by atoms with Gasteiger partial charge in [0.1, 0.15) is 5.75 Å². The van der Waals surface area contributed by atoms with Crippen molar-refractivity contribution in [2.75, 3.05) is 55.2 Å². The number of carbonyl (C=O) groups excluding carboxylic acids is 3. The molecule has 6 amide bonds. The standard InChI is InChI=1S/C25H32F3N3O2.C25H32F3N3OS.C24H32ClN3O/c1-3-8-19(2)30-15-13-22(14-16-30)31(18-20-9-5-4-6-10-20)24(32)29-21-11-7-12-23(17-21)33-25(26,27)28;1-3-7-19(2)30-16-14-22(15-17-30)31(18-20-8-5-4-6-9-20)24(32)29-21-10-12-23(13-11-21)33-25(26,27)28;1-3-7-19(2)27-16-14-23(15-17-27)28(18-20-8-5-4-6-9-20)24(29)26-22-12-10-21(25)11-13-22/h4-7,9-12,17,19,22H,3,8,13-16,18H2,1-2H3,(H,29,32);4-6,8-13,19,22H,3,7,14-18H2,1-2H3,(H,29,32);4-6,8-13,19,23H,3,7,14-18H2,1-2H3,(H,26,29). The molecule has 21 heteroatoms. The smallest absolute Gasteiger partial charge is 0.406 e. The van der Waals surface area contributed by atoms with E-state index in [-0.39, 0.29) is 64.3 Å². The van der Waals surface area contributed by atoms with Crippen molar-refractivity contribution in [3.05, 3.63) is 186 Å². The zero-order valence-electron chi connectivity index (χ0n) is 55.8. The summed E-state index contributed by atoms with van der Waals surface area (Å²) < 4.78 is 79.4. The summed E-state index contributed by atoms with van der Waals surface area (Å²) in [4.78, 5) is 53.0. The lowest BCUT2D eigenvalue weighted by atomic mass is 10.00. The van der Waals surface area contributed by atoms with Crippen molar-refractivity contribution >= 4 is 58.5 Å². The molecule has 0 spiro atoms. The number of urea groups is 3. The maximum Gasteiger partial charge on any atom is 0.573 e. The van der Waals surface area contributed by atoms with Gasteiger partial charge in [0, 0.05) is 128 Å². The summed E-state index contributed by atoms with van der Waals surface area (Å²) in [6, 6.07) is 49.7. The van der Waals surface area contributed by atoms with Gasteiger partial charge in [-0.05, 0) is 168 Å². The van der Waals surface area contributed by atoms with Crippen LogP contribution in [0.5, 0.6) is 5.75 Å². The number of nitrogens with zero attached hydrogens (tertiary/aromatic N) is 6. The molecule has 0 bridgehead atoms. The van der Waals surface area contributed by atoms with Crippen LogP contribution in [0.4, 0.5) is 57.8 Å². The van der Waals surface area contributed by atoms with Crippen molar-refractivity contribution < 1.29 is 45.5 Å². The first-order valence-corrected chi connectivity index (χ1v) is 34.8. The van der Waals surface area contributed by atoms with Crippen LogP contribution in [0.1, 0.15) is 135 Å². The molecule has 0 aliphatic carbocycles. The average Bonchev–Trinajstić information content (AvgIpc) is 0.887. The van der Waals surface area contributed by atoms with Crippen LogP contribution in [0.25, 0.3) is 0 Å². The van der Waals surface area contributed by atoms with Crippen molar-refractivity contribution in [2.45, 2.75) is 191 Å². The summed E-state index contributed by atoms with van der Waals surface area (Å²) in [5.41, 5.74) is 0.384. The third-order valence-corrected chi connectivity index (χ3v) is 18.9. The number of hydrogen-bond donors (Lipinski definition) is 3. The van der Waals surface area contributed by atoms with Crippen LogP contribution in [0.15, 0.2) is 169 Å². The van der Waals surface area contributed by atoms with E-state index in [1.165, 1.54) is 61.7 Å². The van der Waals surface area contributed by atoms with Gasteiger partial charge in [-0.15, -0.1) is 13.2 Å². The fourth-order valence-corrected chi connectivity index (χ4v) is 13.5. The van der Waals surface area contributed by atoms with Crippen molar-refractivity contribution in [3.8, 4) is 5.75 Å². The van der Waals surface area contributed by atoms with Gasteiger partial charge in [0.25, 0.3) is 0 Å². The highest BCUT2D eigenvalue weighted by Crippen LogP contribution is 2.37. The first-order valence-electron chi connectivity index (χ1n) is 33.6. The lowest BCUT2D eigenvalue weighted by Gasteiger charge is -2.40. The van der Waals surface area contributed by atoms with Gasteiger partial charge in [-0.1, -0.05) is 149 Å². The largest absolute Gasteiger partial charge is 0.573 e. The number of thioether (sulfide) groups is 1. The molecule has 95 heavy (non-hydrogen) atoms. The number of hydrogen-bond acceptors (Lipinski definition) is 8. The van der Waals surface area contributed by atoms with E-state index >= 15 is 0 Å². The number of benzene rings is 6. The Kier molecular flexibility index (Phi) is 30.2. The molecule has 6 aromatic rings. The minimum atomic E-state index is -4.79. The second-order valence-electron chi connectivity index (χ2n) is 25.0. The molecule has 3 fully saturated rings. The van der Waals surface area contributed by atoms with Crippen LogP contribution in [-0.2, 0) is 19.6 Å². The molecule has 516 valence electrons. The summed E-state index contributed by atoms with van der Waals surface area (Å²) in [7, 11) is 0. The molecule has 0 aromatic heterocycles. The Morgan fingerprint density at radius 2 is 0.800 bits per heavy atom. The Hall–Kier alpha value is -6.97. The van der Waals surface area contributed by atoms with E-state index in [1.54, 1.807) is 23.1 Å². The van der Waals surface area contributed by atoms with E-state index in [1.807, 2.05) is 101 Å². The van der Waals surface area contributed by atoms with E-state index in [0.29, 0.717) is 48.5 Å². The monoisotopic (exact) mass is 1360 g/mol. The first-order chi connectivity index (χ1) is 45.6. The fourth-order valence-electron chi connectivity index (χ4n) is 12.8. The Labute approximate surface area is 568 Å². The Morgan fingerprint density at radius 1 is 0.474 bits per heavy atom. The number of halogens is 7. The molecule has 9 rings (SSSR count). The lowest BCUT2D eigenvalue weighted by Crippen LogP contribution is -2.50. The molecule has 3 heterocycles. The van der Waals surface area contributed by atoms with Crippen molar-refractivity contribution in [3.63, 3.8) is 0 Å². The van der Waals surface area contributed by atoms with Gasteiger partial charge in [-0.25, -0.2) is 14.4 Å². The number of alkyl halides is 6. The Bertz CT molecular complexity index is 3190. The normalized spacial score (nSPS) is 16.3. The number of ether oxygens (including phenoxy) is 1. The van der Waals surface area contributed by atoms with E-state index in [2.05, 4.69) is 89.1 Å². The summed E-state index contributed by atoms with van der Waals surface area (Å²) >= 11 is 5.81. The lowest BCUT2D eigenvalue weighted by molar-refractivity contribution is -0.274. The highest BCUT2D eigenvalue weighted by molar-refractivity contribution is 8.00. The van der Waals surface area contributed by atoms with Gasteiger partial charge < -0.3 is 50.1 Å². The van der Waals surface area contributed by atoms with Gasteiger partial charge >= 0.3 is 30.0 Å². The number of anilines is 3. The van der Waals surface area contributed by atoms with Crippen molar-refractivity contribution in [1.82, 2.24) is 29.4 Å². The third-order valence-electron chi connectivity index (χ3n) is 17.9. The van der Waals surface area contributed by atoms with Gasteiger partial charge in [0.2, 0.25) is 0 Å². The maximum absolute atomic E-state index is 13.3. The fraction of sp³-hybridized carbons (Fsp3) is 0.473. The SMILES string of the molecule is CCCC(C)N1CCC(N(Cc2ccccc2)C(=O)Nc2ccc(Cl)cc2)CC1.CCCC(C)N1CCC(N(Cc2ccccc2)C(=O)Nc2ccc(SC(F)(F)F)cc2)CC1.CCCC(C)N1CCC(N(Cc2ccccc2)C(=O)Nc2cccc(OC(F)(F)F)c2)CC1. The number of nitrogens with one attached hydrogen (secondary N) is 3. The highest BCUT2D eigenvalue weighted by Gasteiger charge is 2.35. The number of rotatable bonds is 23. The molecule has 6 aromatic carbocycles. The number of amides is 6. The maximum atomic E-state index is 13.3. The molecule has 0 saturated carbocycles. The predicted octanol–water partition coefficient (Wildman–Crippen LogP) is 19.3. The molecule has 3 atom stereocenters. The molecule has 3 N–H and O–H groups in total. The number of piperidine rings is 3. The third kappa shape index (κ3) is 25.8. The topological polar surface area (TPSA) is 116 Å². The van der Waals surface area contributed by atoms with Crippen LogP contribution in [0, 0.1) is 0 Å². The first kappa shape index (κ1) is 75.4. The molecule has 3 saturated heterocycles. The van der Waals surface area contributed by atoms with Gasteiger partial charge in [-0.3, -0.25) is 0 Å². The number of carbonyl (C=O) groups is 3. The minimum absolute atomic E-state index is 0.0452. The zero-order chi connectivity index (χ0) is 68.3. The van der Waals surface area contributed by atoms with Crippen LogP contribution < -0.4 is 20.7 Å². The van der Waals surface area contributed by atoms with Gasteiger partial charge in [0.15, 0.2) is 0 Å². The summed E-state index contributed by atoms with van der Waals surface area (Å²) in [5, 5.41) is 9.37. The predicted molar refractivity (Wildman–Crippen MR) is 373 cm³/mol. The second-order valence-corrected chi connectivity index (χ2v) is 26.6. The van der Waals surface area contributed by atoms with Crippen LogP contribution in [0.3, 0.4) is 0 Å². The zero-order valence-corrected chi connectivity index (χ0v) is 57.3. The molecule has 3 aliphatic rings. The molecule has 13 nitrogen and oxygen atoms in total. The molecular formula is C74H96ClF6N9O4S. The summed E-state index contributed by atoms with van der Waals surface area (Å²) in [5.74, 6) is -0.367. The van der Waals surface area contributed by atoms with Crippen LogP contribution in [-0.4, -0.2) is 135 Å². The average molecular weight is 1360 g/mol. The van der Waals surface area contributed by atoms with E-state index < -0.39 is 11.9 Å². The molecule has 3 unspecified atom stereocenters. The highest BCUT2D eigenvalue weighted by atomic mass is 35.5. The summed E-state index contributed by atoms with van der Waals surface area (Å²) in [6.45, 7) is 20.8. The van der Waals surface area contributed by atoms with E-state index in [9.17, 15) is 40.7 Å². The van der Waals surface area contributed by atoms with E-state index in [0.717, 1.165) is 119 Å². The van der Waals surface area contributed by atoms with Crippen molar-refractivity contribution in [2.24, 2.45) is 0 Å². The second kappa shape index (κ2) is 38.1. The van der Waals surface area contributed by atoms with Gasteiger partial charge in [0.05, 0.1) is 0 Å². The quantitative estimate of drug-likeness (QED) is 0.0429. The Balaban J connectivity index is 0.000000202. The Morgan fingerprint density at radius 3 is 1.12 bits per heavy atom. The van der Waals surface area contributed by atoms with E-state index in [4.69, 9.17) is 11.6 Å². The van der Waals surface area contributed by atoms with Crippen LogP contribution >= 0.6 is 23.4 Å². The van der Waals surface area contributed by atoms with Crippen molar-refractivity contribution in [1.29, 1.82) is 0 Å². The molecule has 0 radical (unpaired) electrons. The molecule has 3 aliphatic heterocycles. The van der Waals surface area contributed by atoms with Gasteiger partial charge in [-0.2, -0.15) is 13.2 Å². The summed E-state index contributed by atoms with van der Waals surface area (Å²) in [6.07, 6.45) is 7.79. The van der Waals surface area contributed by atoms with Crippen LogP contribution in [0.2, 0.25) is 5.02 Å².